The lowest BCUT2D eigenvalue weighted by atomic mass is 9.94. The zero-order valence-electron chi connectivity index (χ0n) is 7.88. The molecule has 0 aliphatic carbocycles. The SMILES string of the molecule is C#CCCNCC1(O)CCOCC1. The predicted octanol–water partition coefficient (Wildman–Crippen LogP) is 0.141. The molecule has 0 unspecified atom stereocenters. The van der Waals surface area contributed by atoms with Crippen molar-refractivity contribution in [1.82, 2.24) is 5.32 Å². The van der Waals surface area contributed by atoms with E-state index in [1.54, 1.807) is 0 Å². The monoisotopic (exact) mass is 183 g/mol. The lowest BCUT2D eigenvalue weighted by Crippen LogP contribution is -2.45. The highest BCUT2D eigenvalue weighted by atomic mass is 16.5. The molecule has 0 aromatic rings. The zero-order valence-corrected chi connectivity index (χ0v) is 7.88. The van der Waals surface area contributed by atoms with Gasteiger partial charge in [0, 0.05) is 45.6 Å². The second-order valence-corrected chi connectivity index (χ2v) is 3.47. The van der Waals surface area contributed by atoms with Crippen LogP contribution in [0.3, 0.4) is 0 Å². The first-order valence-corrected chi connectivity index (χ1v) is 4.71. The molecule has 0 aromatic heterocycles. The first-order valence-electron chi connectivity index (χ1n) is 4.71. The van der Waals surface area contributed by atoms with E-state index in [9.17, 15) is 5.11 Å². The van der Waals surface area contributed by atoms with E-state index in [1.165, 1.54) is 0 Å². The van der Waals surface area contributed by atoms with Crippen molar-refractivity contribution in [2.75, 3.05) is 26.3 Å². The number of terminal acetylenes is 1. The molecule has 0 atom stereocenters. The number of aliphatic hydroxyl groups is 1. The van der Waals surface area contributed by atoms with E-state index in [0.717, 1.165) is 19.4 Å². The molecule has 74 valence electrons. The molecule has 0 amide bonds. The van der Waals surface area contributed by atoms with Crippen LogP contribution in [0.15, 0.2) is 0 Å². The van der Waals surface area contributed by atoms with Gasteiger partial charge in [0.25, 0.3) is 0 Å². The fourth-order valence-electron chi connectivity index (χ4n) is 1.41. The van der Waals surface area contributed by atoms with E-state index >= 15 is 0 Å². The minimum atomic E-state index is -0.577. The Kier molecular flexibility index (Phi) is 4.23. The Balaban J connectivity index is 2.14. The van der Waals surface area contributed by atoms with Crippen LogP contribution in [0.5, 0.6) is 0 Å². The van der Waals surface area contributed by atoms with Crippen molar-refractivity contribution in [2.24, 2.45) is 0 Å². The molecule has 3 heteroatoms. The number of hydrogen-bond acceptors (Lipinski definition) is 3. The minimum Gasteiger partial charge on any atom is -0.388 e. The van der Waals surface area contributed by atoms with Gasteiger partial charge in [-0.15, -0.1) is 12.3 Å². The maximum Gasteiger partial charge on any atom is 0.0815 e. The van der Waals surface area contributed by atoms with Crippen molar-refractivity contribution in [1.29, 1.82) is 0 Å². The molecule has 2 N–H and O–H groups in total. The number of nitrogens with one attached hydrogen (secondary N) is 1. The molecule has 13 heavy (non-hydrogen) atoms. The van der Waals surface area contributed by atoms with Gasteiger partial charge in [-0.3, -0.25) is 0 Å². The number of rotatable bonds is 4. The van der Waals surface area contributed by atoms with Gasteiger partial charge in [0.15, 0.2) is 0 Å². The number of ether oxygens (including phenoxy) is 1. The third kappa shape index (κ3) is 3.77. The van der Waals surface area contributed by atoms with Crippen LogP contribution in [-0.2, 0) is 4.74 Å². The summed E-state index contributed by atoms with van der Waals surface area (Å²) in [6.45, 7) is 2.72. The van der Waals surface area contributed by atoms with E-state index in [-0.39, 0.29) is 0 Å². The lowest BCUT2D eigenvalue weighted by Gasteiger charge is -2.32. The van der Waals surface area contributed by atoms with Gasteiger partial charge in [-0.1, -0.05) is 0 Å². The number of hydrogen-bond donors (Lipinski definition) is 2. The second-order valence-electron chi connectivity index (χ2n) is 3.47. The minimum absolute atomic E-state index is 0.577. The van der Waals surface area contributed by atoms with E-state index in [2.05, 4.69) is 11.2 Å². The van der Waals surface area contributed by atoms with Gasteiger partial charge in [0.2, 0.25) is 0 Å². The van der Waals surface area contributed by atoms with Gasteiger partial charge in [-0.2, -0.15) is 0 Å². The summed E-state index contributed by atoms with van der Waals surface area (Å²) in [7, 11) is 0. The summed E-state index contributed by atoms with van der Waals surface area (Å²) in [6.07, 6.45) is 7.26. The van der Waals surface area contributed by atoms with Crippen molar-refractivity contribution in [3.05, 3.63) is 0 Å². The smallest absolute Gasteiger partial charge is 0.0815 e. The molecule has 1 rings (SSSR count). The Labute approximate surface area is 79.5 Å². The predicted molar refractivity (Wildman–Crippen MR) is 51.3 cm³/mol. The maximum atomic E-state index is 9.98. The van der Waals surface area contributed by atoms with Crippen LogP contribution in [0.1, 0.15) is 19.3 Å². The topological polar surface area (TPSA) is 41.5 Å². The van der Waals surface area contributed by atoms with Crippen LogP contribution in [-0.4, -0.2) is 37.0 Å². The summed E-state index contributed by atoms with van der Waals surface area (Å²) >= 11 is 0. The fourth-order valence-corrected chi connectivity index (χ4v) is 1.41. The summed E-state index contributed by atoms with van der Waals surface area (Å²) in [5.41, 5.74) is -0.577. The molecule has 3 nitrogen and oxygen atoms in total. The molecule has 0 aromatic carbocycles. The highest BCUT2D eigenvalue weighted by Crippen LogP contribution is 2.18. The average molecular weight is 183 g/mol. The van der Waals surface area contributed by atoms with E-state index < -0.39 is 5.60 Å². The third-order valence-corrected chi connectivity index (χ3v) is 2.32. The van der Waals surface area contributed by atoms with Crippen LogP contribution in [0.4, 0.5) is 0 Å². The summed E-state index contributed by atoms with van der Waals surface area (Å²) in [5.74, 6) is 2.55. The molecule has 1 saturated heterocycles. The van der Waals surface area contributed by atoms with E-state index in [1.807, 2.05) is 0 Å². The van der Waals surface area contributed by atoms with Crippen molar-refractivity contribution < 1.29 is 9.84 Å². The molecule has 1 aliphatic rings. The van der Waals surface area contributed by atoms with Crippen LogP contribution in [0, 0.1) is 12.3 Å². The molecule has 1 fully saturated rings. The molecule has 1 heterocycles. The molecule has 0 bridgehead atoms. The van der Waals surface area contributed by atoms with Crippen molar-refractivity contribution in [3.63, 3.8) is 0 Å². The van der Waals surface area contributed by atoms with Crippen molar-refractivity contribution >= 4 is 0 Å². The van der Waals surface area contributed by atoms with Gasteiger partial charge < -0.3 is 15.2 Å². The Hall–Kier alpha value is -0.560. The normalized spacial score (nSPS) is 20.9. The molecule has 1 aliphatic heterocycles. The lowest BCUT2D eigenvalue weighted by molar-refractivity contribution is -0.0613. The van der Waals surface area contributed by atoms with E-state index in [4.69, 9.17) is 11.2 Å². The Morgan fingerprint density at radius 3 is 2.77 bits per heavy atom. The van der Waals surface area contributed by atoms with Gasteiger partial charge in [0.1, 0.15) is 0 Å². The summed E-state index contributed by atoms with van der Waals surface area (Å²) in [4.78, 5) is 0. The van der Waals surface area contributed by atoms with Gasteiger partial charge in [-0.25, -0.2) is 0 Å². The molecular formula is C10H17NO2. The summed E-state index contributed by atoms with van der Waals surface area (Å²) < 4.78 is 5.17. The van der Waals surface area contributed by atoms with Crippen LogP contribution in [0.2, 0.25) is 0 Å². The zero-order chi connectivity index (χ0) is 9.57. The summed E-state index contributed by atoms with van der Waals surface area (Å²) in [5, 5.41) is 13.1. The largest absolute Gasteiger partial charge is 0.388 e. The van der Waals surface area contributed by atoms with Crippen LogP contribution >= 0.6 is 0 Å². The Bertz CT molecular complexity index is 180. The van der Waals surface area contributed by atoms with Crippen LogP contribution < -0.4 is 5.32 Å². The quantitative estimate of drug-likeness (QED) is 0.481. The summed E-state index contributed by atoms with van der Waals surface area (Å²) in [6, 6.07) is 0. The third-order valence-electron chi connectivity index (χ3n) is 2.32. The first-order chi connectivity index (χ1) is 6.27. The highest BCUT2D eigenvalue weighted by Gasteiger charge is 2.28. The molecule has 0 spiro atoms. The average Bonchev–Trinajstić information content (AvgIpc) is 2.14. The highest BCUT2D eigenvalue weighted by molar-refractivity contribution is 4.87. The molecule has 0 saturated carbocycles. The second kappa shape index (κ2) is 5.23. The van der Waals surface area contributed by atoms with Crippen LogP contribution in [0.25, 0.3) is 0 Å². The fraction of sp³-hybridized carbons (Fsp3) is 0.800. The Morgan fingerprint density at radius 1 is 1.46 bits per heavy atom. The van der Waals surface area contributed by atoms with Crippen molar-refractivity contribution in [2.45, 2.75) is 24.9 Å². The van der Waals surface area contributed by atoms with Gasteiger partial charge in [0.05, 0.1) is 5.60 Å². The maximum absolute atomic E-state index is 9.98. The molecular weight excluding hydrogens is 166 g/mol. The van der Waals surface area contributed by atoms with Gasteiger partial charge >= 0.3 is 0 Å². The van der Waals surface area contributed by atoms with Crippen molar-refractivity contribution in [3.8, 4) is 12.3 Å². The van der Waals surface area contributed by atoms with E-state index in [0.29, 0.717) is 26.2 Å². The Morgan fingerprint density at radius 2 is 2.15 bits per heavy atom. The first kappa shape index (κ1) is 10.5. The standard InChI is InChI=1S/C10H17NO2/c1-2-3-6-11-9-10(12)4-7-13-8-5-10/h1,11-12H,3-9H2. The van der Waals surface area contributed by atoms with Gasteiger partial charge in [-0.05, 0) is 0 Å². The molecule has 0 radical (unpaired) electrons.